The molecule has 1 amide bonds. The fourth-order valence-corrected chi connectivity index (χ4v) is 6.22. The van der Waals surface area contributed by atoms with Crippen LogP contribution in [0.5, 0.6) is 0 Å². The summed E-state index contributed by atoms with van der Waals surface area (Å²) in [7, 11) is 0. The Balaban J connectivity index is 1.87. The summed E-state index contributed by atoms with van der Waals surface area (Å²) < 4.78 is 0. The van der Waals surface area contributed by atoms with Crippen LogP contribution in [0.1, 0.15) is 39.7 Å². The average molecular weight is 450 g/mol. The van der Waals surface area contributed by atoms with Crippen LogP contribution in [0.3, 0.4) is 0 Å². The van der Waals surface area contributed by atoms with Crippen molar-refractivity contribution in [2.24, 2.45) is 29.1 Å². The van der Waals surface area contributed by atoms with Crippen LogP contribution >= 0.6 is 0 Å². The highest BCUT2D eigenvalue weighted by Crippen LogP contribution is 2.56. The molecular formula is C28H35NO4. The third-order valence-electron chi connectivity index (χ3n) is 8.19. The van der Waals surface area contributed by atoms with Gasteiger partial charge >= 0.3 is 0 Å². The van der Waals surface area contributed by atoms with Gasteiger partial charge in [-0.15, -0.1) is 0 Å². The lowest BCUT2D eigenvalue weighted by Gasteiger charge is -2.48. The molecule has 1 aromatic rings. The highest BCUT2D eigenvalue weighted by Gasteiger charge is 2.65. The molecular weight excluding hydrogens is 414 g/mol. The van der Waals surface area contributed by atoms with Gasteiger partial charge in [0.2, 0.25) is 5.91 Å². The monoisotopic (exact) mass is 449 g/mol. The van der Waals surface area contributed by atoms with Crippen molar-refractivity contribution in [3.05, 3.63) is 71.3 Å². The molecule has 5 heteroatoms. The molecule has 0 radical (unpaired) electrons. The number of nitrogens with one attached hydrogen (secondary N) is 1. The van der Waals surface area contributed by atoms with E-state index >= 15 is 0 Å². The van der Waals surface area contributed by atoms with Crippen LogP contribution in [0.15, 0.2) is 65.8 Å². The van der Waals surface area contributed by atoms with Gasteiger partial charge in [-0.05, 0) is 37.8 Å². The number of benzene rings is 1. The zero-order valence-electron chi connectivity index (χ0n) is 19.9. The zero-order chi connectivity index (χ0) is 23.9. The van der Waals surface area contributed by atoms with Crippen molar-refractivity contribution < 1.29 is 19.8 Å². The van der Waals surface area contributed by atoms with Crippen molar-refractivity contribution in [2.75, 3.05) is 0 Å². The predicted octanol–water partition coefficient (Wildman–Crippen LogP) is 3.38. The normalized spacial score (nSPS) is 41.0. The first kappa shape index (κ1) is 23.7. The van der Waals surface area contributed by atoms with E-state index in [1.165, 1.54) is 0 Å². The van der Waals surface area contributed by atoms with Gasteiger partial charge in [0.1, 0.15) is 5.78 Å². The number of allylic oxidation sites excluding steroid dienone is 2. The van der Waals surface area contributed by atoms with Gasteiger partial charge in [0.15, 0.2) is 0 Å². The Morgan fingerprint density at radius 3 is 2.39 bits per heavy atom. The largest absolute Gasteiger partial charge is 0.388 e. The number of hydrogen-bond donors (Lipinski definition) is 3. The summed E-state index contributed by atoms with van der Waals surface area (Å²) in [6, 6.07) is 9.81. The van der Waals surface area contributed by atoms with Crippen LogP contribution < -0.4 is 5.32 Å². The Labute approximate surface area is 196 Å². The maximum Gasteiger partial charge on any atom is 0.230 e. The Bertz CT molecular complexity index is 1010. The summed E-state index contributed by atoms with van der Waals surface area (Å²) in [5, 5.41) is 26.1. The lowest BCUT2D eigenvalue weighted by Crippen LogP contribution is -2.57. The lowest BCUT2D eigenvalue weighted by atomic mass is 9.54. The lowest BCUT2D eigenvalue weighted by molar-refractivity contribution is -0.141. The fraction of sp³-hybridized carbons (Fsp3) is 0.500. The fourth-order valence-electron chi connectivity index (χ4n) is 6.22. The van der Waals surface area contributed by atoms with Crippen molar-refractivity contribution >= 4 is 11.7 Å². The molecule has 1 spiro atoms. The molecule has 0 saturated carbocycles. The number of aliphatic hydroxyl groups excluding tert-OH is 2. The summed E-state index contributed by atoms with van der Waals surface area (Å²) in [5.41, 5.74) is 1.67. The molecule has 176 valence electrons. The van der Waals surface area contributed by atoms with Crippen LogP contribution in [0.2, 0.25) is 0 Å². The molecule has 8 atom stereocenters. The van der Waals surface area contributed by atoms with Gasteiger partial charge < -0.3 is 15.5 Å². The first-order valence-electron chi connectivity index (χ1n) is 12.0. The van der Waals surface area contributed by atoms with E-state index < -0.39 is 23.5 Å². The van der Waals surface area contributed by atoms with Crippen LogP contribution in [0.25, 0.3) is 0 Å². The highest BCUT2D eigenvalue weighted by atomic mass is 16.3. The Hall–Kier alpha value is -2.50. The van der Waals surface area contributed by atoms with E-state index in [1.54, 1.807) is 12.2 Å². The van der Waals surface area contributed by atoms with Crippen LogP contribution in [-0.2, 0) is 16.0 Å². The van der Waals surface area contributed by atoms with E-state index in [-0.39, 0.29) is 35.5 Å². The number of hydrogen-bond acceptors (Lipinski definition) is 4. The van der Waals surface area contributed by atoms with Gasteiger partial charge in [0, 0.05) is 29.7 Å². The molecule has 1 saturated heterocycles. The van der Waals surface area contributed by atoms with Crippen LogP contribution in [0.4, 0.5) is 0 Å². The van der Waals surface area contributed by atoms with E-state index in [9.17, 15) is 19.8 Å². The third-order valence-corrected chi connectivity index (χ3v) is 8.19. The molecule has 1 fully saturated rings. The second-order valence-corrected chi connectivity index (χ2v) is 10.1. The van der Waals surface area contributed by atoms with Crippen LogP contribution in [-0.4, -0.2) is 40.2 Å². The van der Waals surface area contributed by atoms with Gasteiger partial charge in [-0.25, -0.2) is 0 Å². The summed E-state index contributed by atoms with van der Waals surface area (Å²) in [4.78, 5) is 26.5. The molecule has 1 unspecified atom stereocenters. The number of carbonyl (C=O) groups excluding carboxylic acids is 2. The summed E-state index contributed by atoms with van der Waals surface area (Å²) in [6.07, 6.45) is 6.26. The van der Waals surface area contributed by atoms with Gasteiger partial charge in [0.05, 0.1) is 17.6 Å². The maximum atomic E-state index is 13.8. The summed E-state index contributed by atoms with van der Waals surface area (Å²) in [6.45, 7) is 7.61. The van der Waals surface area contributed by atoms with Crippen molar-refractivity contribution in [2.45, 2.75) is 58.8 Å². The minimum Gasteiger partial charge on any atom is -0.388 e. The minimum atomic E-state index is -1.24. The van der Waals surface area contributed by atoms with Crippen molar-refractivity contribution in [1.29, 1.82) is 0 Å². The molecule has 1 heterocycles. The number of amides is 1. The molecule has 5 nitrogen and oxygen atoms in total. The number of ketones is 1. The van der Waals surface area contributed by atoms with E-state index in [1.807, 2.05) is 70.2 Å². The Morgan fingerprint density at radius 1 is 1.00 bits per heavy atom. The van der Waals surface area contributed by atoms with Gasteiger partial charge in [-0.3, -0.25) is 9.59 Å². The molecule has 0 bridgehead atoms. The summed E-state index contributed by atoms with van der Waals surface area (Å²) in [5.74, 6) is -1.55. The number of Topliss-reactive ketones (excluding diaryl/α,β-unsaturated/α-hetero) is 1. The number of rotatable bonds is 2. The number of aliphatic hydroxyl groups is 2. The molecule has 3 aliphatic rings. The smallest absolute Gasteiger partial charge is 0.230 e. The minimum absolute atomic E-state index is 0.103. The van der Waals surface area contributed by atoms with Crippen molar-refractivity contribution in [3.63, 3.8) is 0 Å². The second-order valence-electron chi connectivity index (χ2n) is 10.1. The SMILES string of the molecule is CC1=C(C)[C@H]2[C@@H](Cc3ccccc3)NC(=O)C23[C@H](O)/C=C/[C@H](C)C(=O)[C@@H](C)C/C=C/[C@H]3[C@@H]1O. The highest BCUT2D eigenvalue weighted by molar-refractivity contribution is 5.89. The van der Waals surface area contributed by atoms with E-state index in [0.29, 0.717) is 12.8 Å². The van der Waals surface area contributed by atoms with Crippen molar-refractivity contribution in [3.8, 4) is 0 Å². The van der Waals surface area contributed by atoms with Gasteiger partial charge in [0.25, 0.3) is 0 Å². The van der Waals surface area contributed by atoms with E-state index in [0.717, 1.165) is 16.7 Å². The molecule has 33 heavy (non-hydrogen) atoms. The Morgan fingerprint density at radius 2 is 1.70 bits per heavy atom. The molecule has 1 aromatic carbocycles. The van der Waals surface area contributed by atoms with Gasteiger partial charge in [-0.2, -0.15) is 0 Å². The topological polar surface area (TPSA) is 86.6 Å². The third kappa shape index (κ3) is 3.81. The molecule has 1 aliphatic heterocycles. The van der Waals surface area contributed by atoms with Crippen LogP contribution in [0, 0.1) is 29.1 Å². The quantitative estimate of drug-likeness (QED) is 0.604. The number of carbonyl (C=O) groups is 2. The standard InChI is InChI=1S/C28H35NO4/c1-16-9-8-12-21-26(32)19(4)18(3)24-22(15-20-10-6-5-7-11-20)29-27(33)28(21,24)23(30)14-13-17(2)25(16)31/h5-8,10-14,16-17,21-24,26,30,32H,9,15H2,1-4H3,(H,29,33)/b12-8+,14-13+/t16-,17-,21-,22+,23+,24-,26+,28?/m0/s1. The summed E-state index contributed by atoms with van der Waals surface area (Å²) >= 11 is 0. The predicted molar refractivity (Wildman–Crippen MR) is 128 cm³/mol. The average Bonchev–Trinajstić information content (AvgIpc) is 3.09. The van der Waals surface area contributed by atoms with Crippen molar-refractivity contribution in [1.82, 2.24) is 5.32 Å². The van der Waals surface area contributed by atoms with Gasteiger partial charge in [-0.1, -0.05) is 74.1 Å². The second kappa shape index (κ2) is 9.03. The molecule has 2 aliphatic carbocycles. The zero-order valence-corrected chi connectivity index (χ0v) is 19.9. The first-order valence-corrected chi connectivity index (χ1v) is 12.0. The maximum absolute atomic E-state index is 13.8. The molecule has 3 N–H and O–H groups in total. The van der Waals surface area contributed by atoms with E-state index in [4.69, 9.17) is 0 Å². The molecule has 4 rings (SSSR count). The first-order chi connectivity index (χ1) is 15.7. The Kier molecular flexibility index (Phi) is 6.47. The van der Waals surface area contributed by atoms with E-state index in [2.05, 4.69) is 5.32 Å². The molecule has 0 aromatic heterocycles.